The van der Waals surface area contributed by atoms with E-state index in [2.05, 4.69) is 5.32 Å². The summed E-state index contributed by atoms with van der Waals surface area (Å²) in [6, 6.07) is 8.65. The van der Waals surface area contributed by atoms with Crippen LogP contribution in [0.3, 0.4) is 0 Å². The highest BCUT2D eigenvalue weighted by molar-refractivity contribution is 7.93. The number of hydrogen-bond acceptors (Lipinski definition) is 7. The van der Waals surface area contributed by atoms with Gasteiger partial charge in [-0.2, -0.15) is 0 Å². The highest BCUT2D eigenvalue weighted by Gasteiger charge is 2.60. The van der Waals surface area contributed by atoms with Gasteiger partial charge in [0.2, 0.25) is 5.91 Å². The number of aliphatic hydroxyl groups excluding tert-OH is 1. The highest BCUT2D eigenvalue weighted by Crippen LogP contribution is 2.50. The lowest BCUT2D eigenvalue weighted by Gasteiger charge is -2.55. The Morgan fingerprint density at radius 2 is 1.77 bits per heavy atom. The van der Waals surface area contributed by atoms with Gasteiger partial charge < -0.3 is 35.1 Å². The Balaban J connectivity index is 1.11. The number of quaternary nitrogens is 2. The van der Waals surface area contributed by atoms with E-state index < -0.39 is 45.9 Å². The molecule has 0 radical (unpaired) electrons. The van der Waals surface area contributed by atoms with E-state index in [9.17, 15) is 33.0 Å². The van der Waals surface area contributed by atoms with Gasteiger partial charge >= 0.3 is 5.97 Å². The number of aliphatic carboxylic acids is 1. The van der Waals surface area contributed by atoms with Crippen molar-refractivity contribution in [2.45, 2.75) is 43.7 Å². The van der Waals surface area contributed by atoms with E-state index >= 15 is 0 Å². The van der Waals surface area contributed by atoms with Crippen LogP contribution in [0.2, 0.25) is 0 Å². The molecule has 2 aromatic carbocycles. The van der Waals surface area contributed by atoms with Gasteiger partial charge in [0.25, 0.3) is 15.9 Å². The molecule has 8 rings (SSSR count). The summed E-state index contributed by atoms with van der Waals surface area (Å²) < 4.78 is 31.2. The molecule has 0 spiro atoms. The van der Waals surface area contributed by atoms with Crippen molar-refractivity contribution in [3.8, 4) is 0 Å². The Bertz CT molecular complexity index is 1820. The van der Waals surface area contributed by atoms with Crippen molar-refractivity contribution in [1.82, 2.24) is 10.2 Å². The number of amides is 2. The first-order chi connectivity index (χ1) is 22.8. The molecular formula is C34H46N6O7S+2. The van der Waals surface area contributed by atoms with Crippen molar-refractivity contribution in [2.75, 3.05) is 76.3 Å². The van der Waals surface area contributed by atoms with Crippen molar-refractivity contribution >= 4 is 44.3 Å². The third kappa shape index (κ3) is 5.02. The van der Waals surface area contributed by atoms with E-state index in [4.69, 9.17) is 5.73 Å². The first-order valence-electron chi connectivity index (χ1n) is 17.0. The van der Waals surface area contributed by atoms with Gasteiger partial charge in [-0.3, -0.25) is 13.9 Å². The Hall–Kier alpha value is -3.56. The van der Waals surface area contributed by atoms with E-state index in [0.29, 0.717) is 36.3 Å². The summed E-state index contributed by atoms with van der Waals surface area (Å²) in [7, 11) is -3.99. The van der Waals surface area contributed by atoms with Gasteiger partial charge in [-0.1, -0.05) is 25.1 Å². The highest BCUT2D eigenvalue weighted by atomic mass is 32.2. The van der Waals surface area contributed by atoms with Crippen LogP contribution in [-0.4, -0.2) is 134 Å². The molecule has 4 fully saturated rings. The maximum Gasteiger partial charge on any atom is 0.352 e. The zero-order valence-electron chi connectivity index (χ0n) is 27.6. The first kappa shape index (κ1) is 33.0. The fourth-order valence-corrected chi connectivity index (χ4v) is 10.7. The summed E-state index contributed by atoms with van der Waals surface area (Å²) in [4.78, 5) is 39.3. The van der Waals surface area contributed by atoms with Crippen molar-refractivity contribution < 1.29 is 42.0 Å². The summed E-state index contributed by atoms with van der Waals surface area (Å²) in [6.45, 7) is 11.7. The third-order valence-corrected chi connectivity index (χ3v) is 13.7. The molecule has 2 aromatic rings. The quantitative estimate of drug-likeness (QED) is 0.140. The molecule has 6 aliphatic rings. The van der Waals surface area contributed by atoms with E-state index in [1.165, 1.54) is 16.1 Å². The molecule has 5 N–H and O–H groups in total. The molecule has 4 atom stereocenters. The number of nitrogens with zero attached hydrogens (tertiary/aromatic N) is 4. The van der Waals surface area contributed by atoms with E-state index in [-0.39, 0.29) is 23.0 Å². The lowest BCUT2D eigenvalue weighted by atomic mass is 9.78. The van der Waals surface area contributed by atoms with Gasteiger partial charge in [-0.05, 0) is 48.5 Å². The number of rotatable bonds is 12. The molecule has 258 valence electrons. The van der Waals surface area contributed by atoms with Crippen molar-refractivity contribution in [3.63, 3.8) is 0 Å². The molecular weight excluding hydrogens is 636 g/mol. The van der Waals surface area contributed by atoms with Crippen LogP contribution in [0, 0.1) is 11.8 Å². The predicted octanol–water partition coefficient (Wildman–Crippen LogP) is 0.213. The standard InChI is InChI=1S/C34H44N6O7S/c1-21-25(32(34(44)45)38-31(21)29(22(2)41)33(38)43)19-37-26-6-3-5-24-23(7-8-27(30(24)26)48(37,46)47)9-12-39-13-16-40(17-14-39,18-15-39)20-28(42)36-11-4-10-35/h3,5-8,21-22,29,31,41H,4,9-20,35H2,1-2H3/p+2/t21-,22?,29?,31?,39?,40?/m0/s1. The molecule has 0 saturated carbocycles. The van der Waals surface area contributed by atoms with Crippen LogP contribution < -0.4 is 15.4 Å². The van der Waals surface area contributed by atoms with Crippen molar-refractivity contribution in [2.24, 2.45) is 17.6 Å². The fourth-order valence-electron chi connectivity index (χ4n) is 9.05. The minimum Gasteiger partial charge on any atom is -0.477 e. The Labute approximate surface area is 280 Å². The molecule has 0 aromatic heterocycles. The number of aliphatic hydroxyl groups is 1. The Kier molecular flexibility index (Phi) is 8.10. The number of anilines is 1. The van der Waals surface area contributed by atoms with Gasteiger partial charge in [0.05, 0.1) is 41.7 Å². The van der Waals surface area contributed by atoms with Gasteiger partial charge in [0.1, 0.15) is 45.0 Å². The zero-order chi connectivity index (χ0) is 34.2. The molecule has 0 aliphatic carbocycles. The number of piperazine rings is 3. The summed E-state index contributed by atoms with van der Waals surface area (Å²) in [5.41, 5.74) is 7.33. The smallest absolute Gasteiger partial charge is 0.352 e. The average Bonchev–Trinajstić information content (AvgIpc) is 3.42. The van der Waals surface area contributed by atoms with Crippen LogP contribution in [0.25, 0.3) is 10.8 Å². The van der Waals surface area contributed by atoms with Crippen LogP contribution in [0.5, 0.6) is 0 Å². The van der Waals surface area contributed by atoms with Gasteiger partial charge in [-0.15, -0.1) is 0 Å². The first-order valence-corrected chi connectivity index (χ1v) is 18.5. The minimum absolute atomic E-state index is 0.0994. The summed E-state index contributed by atoms with van der Waals surface area (Å²) >= 11 is 0. The number of nitrogens with one attached hydrogen (secondary N) is 1. The van der Waals surface area contributed by atoms with E-state index in [1.54, 1.807) is 19.1 Å². The number of nitrogens with two attached hydrogens (primary N) is 1. The molecule has 14 heteroatoms. The van der Waals surface area contributed by atoms with Crippen molar-refractivity contribution in [3.05, 3.63) is 47.2 Å². The number of hydrogen-bond donors (Lipinski definition) is 4. The van der Waals surface area contributed by atoms with Gasteiger partial charge in [0.15, 0.2) is 6.54 Å². The van der Waals surface area contributed by atoms with Gasteiger partial charge in [-0.25, -0.2) is 13.2 Å². The van der Waals surface area contributed by atoms with Crippen LogP contribution in [0.4, 0.5) is 5.69 Å². The minimum atomic E-state index is -3.99. The normalized spacial score (nSPS) is 30.5. The summed E-state index contributed by atoms with van der Waals surface area (Å²) in [6.07, 6.45) is 0.620. The molecule has 2 bridgehead atoms. The number of sulfonamides is 1. The maximum absolute atomic E-state index is 14.0. The topological polar surface area (TPSA) is 170 Å². The second kappa shape index (κ2) is 11.8. The molecule has 6 heterocycles. The summed E-state index contributed by atoms with van der Waals surface area (Å²) in [5, 5.41) is 24.9. The Morgan fingerprint density at radius 3 is 2.42 bits per heavy atom. The number of carboxylic acid groups (broad SMARTS) is 1. The number of carbonyl (C=O) groups is 3. The monoisotopic (exact) mass is 682 g/mol. The molecule has 6 aliphatic heterocycles. The lowest BCUT2D eigenvalue weighted by Crippen LogP contribution is -2.76. The number of carboxylic acids is 1. The Morgan fingerprint density at radius 1 is 1.08 bits per heavy atom. The number of benzene rings is 2. The largest absolute Gasteiger partial charge is 0.477 e. The number of β-lactam (4-membered cyclic amide) rings is 1. The van der Waals surface area contributed by atoms with Crippen molar-refractivity contribution in [1.29, 1.82) is 0 Å². The predicted molar refractivity (Wildman–Crippen MR) is 178 cm³/mol. The average molecular weight is 683 g/mol. The van der Waals surface area contributed by atoms with Crippen LogP contribution >= 0.6 is 0 Å². The molecule has 48 heavy (non-hydrogen) atoms. The SMILES string of the molecule is CC(O)C1C(=O)N2C(C(=O)O)=C(CN3c4cccc5c(CC[N+]67CC[N+](CC(=O)NCCCN)(CC6)CC7)ccc(c45)S3(=O)=O)[C@H](C)C12. The van der Waals surface area contributed by atoms with E-state index in [0.717, 1.165) is 78.6 Å². The second-order valence-electron chi connectivity index (χ2n) is 14.5. The zero-order valence-corrected chi connectivity index (χ0v) is 28.4. The molecule has 3 unspecified atom stereocenters. The van der Waals surface area contributed by atoms with Crippen LogP contribution in [-0.2, 0) is 30.8 Å². The maximum atomic E-state index is 14.0. The second-order valence-corrected chi connectivity index (χ2v) is 16.3. The van der Waals surface area contributed by atoms with Crippen LogP contribution in [0.1, 0.15) is 25.8 Å². The van der Waals surface area contributed by atoms with E-state index in [1.807, 2.05) is 18.2 Å². The lowest BCUT2D eigenvalue weighted by molar-refractivity contribution is -1.08. The summed E-state index contributed by atoms with van der Waals surface area (Å²) in [5.74, 6) is -2.79. The fraction of sp³-hybridized carbons (Fsp3) is 0.559. The third-order valence-electron chi connectivity index (χ3n) is 11.9. The van der Waals surface area contributed by atoms with Crippen LogP contribution in [0.15, 0.2) is 46.5 Å². The molecule has 13 nitrogen and oxygen atoms in total. The molecule has 2 amide bonds. The van der Waals surface area contributed by atoms with Gasteiger partial charge in [0, 0.05) is 24.3 Å². The molecule has 4 saturated heterocycles. The number of fused-ring (bicyclic) bond motifs is 4. The number of carbonyl (C=O) groups excluding carboxylic acids is 2.